The number of methoxy groups -OCH3 is 1. The maximum absolute atomic E-state index is 13.0. The van der Waals surface area contributed by atoms with Gasteiger partial charge in [-0.25, -0.2) is 4.98 Å². The van der Waals surface area contributed by atoms with Gasteiger partial charge in [-0.3, -0.25) is 9.79 Å². The van der Waals surface area contributed by atoms with Crippen LogP contribution < -0.4 is 5.32 Å². The molecule has 0 aliphatic rings. The second-order valence-electron chi connectivity index (χ2n) is 7.72. The van der Waals surface area contributed by atoms with E-state index < -0.39 is 0 Å². The average molecular weight is 462 g/mol. The van der Waals surface area contributed by atoms with E-state index >= 15 is 0 Å². The molecule has 1 N–H and O–H groups in total. The van der Waals surface area contributed by atoms with Gasteiger partial charge in [-0.2, -0.15) is 0 Å². The molecule has 33 heavy (non-hydrogen) atoms. The number of aryl methyl sites for hydroxylation is 1. The van der Waals surface area contributed by atoms with Gasteiger partial charge in [-0.15, -0.1) is 11.3 Å². The van der Waals surface area contributed by atoms with Crippen molar-refractivity contribution in [1.29, 1.82) is 0 Å². The maximum atomic E-state index is 13.0. The number of benzene rings is 1. The fourth-order valence-corrected chi connectivity index (χ4v) is 4.94. The fourth-order valence-electron chi connectivity index (χ4n) is 3.69. The summed E-state index contributed by atoms with van der Waals surface area (Å²) in [5.41, 5.74) is 4.41. The van der Waals surface area contributed by atoms with E-state index in [-0.39, 0.29) is 11.7 Å². The largest absolute Gasteiger partial charge is 0.459 e. The zero-order valence-electron chi connectivity index (χ0n) is 19.1. The minimum absolute atomic E-state index is 0.248. The van der Waals surface area contributed by atoms with Crippen LogP contribution in [-0.2, 0) is 11.3 Å². The Morgan fingerprint density at radius 3 is 2.73 bits per heavy atom. The van der Waals surface area contributed by atoms with E-state index in [0.717, 1.165) is 50.5 Å². The molecule has 0 fully saturated rings. The number of unbranched alkanes of at least 4 members (excludes halogenated alkanes) is 1. The van der Waals surface area contributed by atoms with E-state index in [1.165, 1.54) is 17.6 Å². The van der Waals surface area contributed by atoms with Crippen molar-refractivity contribution in [2.24, 2.45) is 4.99 Å². The molecule has 0 aliphatic carbocycles. The summed E-state index contributed by atoms with van der Waals surface area (Å²) in [4.78, 5) is 24.5. The van der Waals surface area contributed by atoms with E-state index in [1.54, 1.807) is 19.2 Å². The highest BCUT2D eigenvalue weighted by Gasteiger charge is 2.24. The molecule has 3 heterocycles. The minimum atomic E-state index is -0.314. The first-order valence-electron chi connectivity index (χ1n) is 11.0. The summed E-state index contributed by atoms with van der Waals surface area (Å²) < 4.78 is 10.8. The molecule has 0 saturated carbocycles. The Kier molecular flexibility index (Phi) is 7.32. The lowest BCUT2D eigenvalue weighted by atomic mass is 10.0. The molecule has 0 spiro atoms. The number of rotatable bonds is 9. The summed E-state index contributed by atoms with van der Waals surface area (Å²) in [6.07, 6.45) is 3.53. The molecule has 6 nitrogen and oxygen atoms in total. The first-order valence-corrected chi connectivity index (χ1v) is 11.8. The van der Waals surface area contributed by atoms with Crippen LogP contribution in [0.15, 0.2) is 64.2 Å². The molecule has 0 saturated heterocycles. The van der Waals surface area contributed by atoms with Gasteiger partial charge in [0.25, 0.3) is 5.91 Å². The summed E-state index contributed by atoms with van der Waals surface area (Å²) in [6.45, 7) is 5.23. The van der Waals surface area contributed by atoms with Crippen LogP contribution in [0.3, 0.4) is 0 Å². The summed E-state index contributed by atoms with van der Waals surface area (Å²) in [7, 11) is 1.66. The molecule has 0 unspecified atom stereocenters. The average Bonchev–Trinajstić information content (AvgIpc) is 3.46. The number of anilines is 1. The molecule has 3 aromatic heterocycles. The third-order valence-electron chi connectivity index (χ3n) is 5.20. The van der Waals surface area contributed by atoms with Gasteiger partial charge in [0.2, 0.25) is 0 Å². The van der Waals surface area contributed by atoms with Gasteiger partial charge in [-0.1, -0.05) is 43.7 Å². The van der Waals surface area contributed by atoms with E-state index in [2.05, 4.69) is 12.2 Å². The van der Waals surface area contributed by atoms with Gasteiger partial charge in [0.15, 0.2) is 5.76 Å². The van der Waals surface area contributed by atoms with Gasteiger partial charge in [0.1, 0.15) is 4.83 Å². The molecular weight excluding hydrogens is 434 g/mol. The number of hydrogen-bond acceptors (Lipinski definition) is 6. The Balaban J connectivity index is 1.94. The van der Waals surface area contributed by atoms with Crippen LogP contribution in [-0.4, -0.2) is 30.3 Å². The third-order valence-corrected chi connectivity index (χ3v) is 6.29. The number of thiophene rings is 1. The standard InChI is InChI=1S/C26H27N3O3S/c1-4-5-13-27-22(18-10-7-6-8-11-18)24-23(29-25(30)20-12-9-14-32-20)21-19(16-31-3)15-17(2)28-26(21)33-24/h6-12,14-15H,4-5,13,16H2,1-3H3,(H,29,30). The van der Waals surface area contributed by atoms with Gasteiger partial charge in [0.05, 0.1) is 29.1 Å². The topological polar surface area (TPSA) is 76.7 Å². The smallest absolute Gasteiger partial charge is 0.291 e. The molecule has 0 aliphatic heterocycles. The quantitative estimate of drug-likeness (QED) is 0.237. The van der Waals surface area contributed by atoms with Crippen molar-refractivity contribution in [3.05, 3.63) is 82.3 Å². The number of amides is 1. The molecule has 0 atom stereocenters. The molecule has 170 valence electrons. The van der Waals surface area contributed by atoms with Crippen molar-refractivity contribution < 1.29 is 13.9 Å². The zero-order valence-corrected chi connectivity index (χ0v) is 19.9. The lowest BCUT2D eigenvalue weighted by molar-refractivity contribution is 0.0997. The molecule has 1 amide bonds. The predicted molar refractivity (Wildman–Crippen MR) is 134 cm³/mol. The Hall–Kier alpha value is -3.29. The van der Waals surface area contributed by atoms with Crippen molar-refractivity contribution >= 4 is 38.9 Å². The number of carbonyl (C=O) groups excluding carboxylic acids is 1. The van der Waals surface area contributed by atoms with Crippen molar-refractivity contribution in [2.75, 3.05) is 19.0 Å². The number of aliphatic imine (C=N–C) groups is 1. The van der Waals surface area contributed by atoms with Gasteiger partial charge in [0, 0.05) is 30.3 Å². The highest BCUT2D eigenvalue weighted by atomic mass is 32.1. The number of hydrogen-bond donors (Lipinski definition) is 1. The van der Waals surface area contributed by atoms with E-state index in [9.17, 15) is 4.79 Å². The third kappa shape index (κ3) is 5.05. The first kappa shape index (κ1) is 22.9. The van der Waals surface area contributed by atoms with Crippen molar-refractivity contribution in [3.8, 4) is 0 Å². The number of nitrogens with zero attached hydrogens (tertiary/aromatic N) is 2. The first-order chi connectivity index (χ1) is 16.1. The SMILES string of the molecule is CCCCN=C(c1ccccc1)c1sc2nc(C)cc(COC)c2c1NC(=O)c1ccco1. The number of ether oxygens (including phenoxy) is 1. The van der Waals surface area contributed by atoms with E-state index in [1.807, 2.05) is 43.3 Å². The molecule has 4 aromatic rings. The van der Waals surface area contributed by atoms with Crippen LogP contribution in [0.4, 0.5) is 5.69 Å². The van der Waals surface area contributed by atoms with Gasteiger partial charge < -0.3 is 14.5 Å². The predicted octanol–water partition coefficient (Wildman–Crippen LogP) is 6.23. The van der Waals surface area contributed by atoms with Crippen LogP contribution in [0.2, 0.25) is 0 Å². The summed E-state index contributed by atoms with van der Waals surface area (Å²) in [5, 5.41) is 3.97. The maximum Gasteiger partial charge on any atom is 0.291 e. The molecule has 1 aromatic carbocycles. The highest BCUT2D eigenvalue weighted by molar-refractivity contribution is 7.21. The highest BCUT2D eigenvalue weighted by Crippen LogP contribution is 2.39. The second kappa shape index (κ2) is 10.6. The fraction of sp³-hybridized carbons (Fsp3) is 0.269. The van der Waals surface area contributed by atoms with Crippen LogP contribution in [0.1, 0.15) is 52.0 Å². The monoisotopic (exact) mass is 461 g/mol. The Morgan fingerprint density at radius 2 is 2.03 bits per heavy atom. The summed E-state index contributed by atoms with van der Waals surface area (Å²) in [5.74, 6) is -0.0660. The summed E-state index contributed by atoms with van der Waals surface area (Å²) in [6, 6.07) is 15.4. The molecule has 0 radical (unpaired) electrons. The number of aromatic nitrogens is 1. The molecule has 0 bridgehead atoms. The van der Waals surface area contributed by atoms with Crippen LogP contribution in [0.5, 0.6) is 0 Å². The lowest BCUT2D eigenvalue weighted by Crippen LogP contribution is -2.14. The van der Waals surface area contributed by atoms with Crippen LogP contribution >= 0.6 is 11.3 Å². The number of fused-ring (bicyclic) bond motifs is 1. The Morgan fingerprint density at radius 1 is 1.21 bits per heavy atom. The number of carbonyl (C=O) groups is 1. The Labute approximate surface area is 197 Å². The van der Waals surface area contributed by atoms with Gasteiger partial charge in [-0.05, 0) is 37.1 Å². The van der Waals surface area contributed by atoms with E-state index in [4.69, 9.17) is 19.1 Å². The van der Waals surface area contributed by atoms with Crippen molar-refractivity contribution in [3.63, 3.8) is 0 Å². The van der Waals surface area contributed by atoms with Crippen LogP contribution in [0, 0.1) is 6.92 Å². The molecular formula is C26H27N3O3S. The lowest BCUT2D eigenvalue weighted by Gasteiger charge is -2.11. The van der Waals surface area contributed by atoms with Crippen LogP contribution in [0.25, 0.3) is 10.2 Å². The normalized spacial score (nSPS) is 11.8. The van der Waals surface area contributed by atoms with Crippen molar-refractivity contribution in [2.45, 2.75) is 33.3 Å². The minimum Gasteiger partial charge on any atom is -0.459 e. The number of furan rings is 1. The van der Waals surface area contributed by atoms with Gasteiger partial charge >= 0.3 is 0 Å². The second-order valence-corrected chi connectivity index (χ2v) is 8.72. The summed E-state index contributed by atoms with van der Waals surface area (Å²) >= 11 is 1.54. The van der Waals surface area contributed by atoms with E-state index in [0.29, 0.717) is 18.8 Å². The van der Waals surface area contributed by atoms with Crippen molar-refractivity contribution in [1.82, 2.24) is 4.98 Å². The zero-order chi connectivity index (χ0) is 23.2. The Bertz CT molecular complexity index is 1260. The molecule has 4 rings (SSSR count). The molecule has 7 heteroatoms. The number of pyridine rings is 1. The number of nitrogens with one attached hydrogen (secondary N) is 1.